The van der Waals surface area contributed by atoms with Crippen molar-refractivity contribution in [2.24, 2.45) is 17.6 Å². The van der Waals surface area contributed by atoms with Crippen LogP contribution < -0.4 is 10.6 Å². The zero-order valence-electron chi connectivity index (χ0n) is 13.1. The summed E-state index contributed by atoms with van der Waals surface area (Å²) in [4.78, 5) is 16.9. The summed E-state index contributed by atoms with van der Waals surface area (Å²) in [6, 6.07) is 2.66. The van der Waals surface area contributed by atoms with Crippen LogP contribution in [0, 0.1) is 11.8 Å². The van der Waals surface area contributed by atoms with Gasteiger partial charge in [0, 0.05) is 45.5 Å². The Balaban J connectivity index is 1.49. The first kappa shape index (κ1) is 14.0. The van der Waals surface area contributed by atoms with Gasteiger partial charge in [-0.15, -0.1) is 0 Å². The fourth-order valence-electron chi connectivity index (χ4n) is 4.36. The normalized spacial score (nSPS) is 28.4. The SMILES string of the molecule is CN(c1ncnc2[nH]ccc12)[C@@H]1C[C@@H]2CN(CCN)C[C@@H]2C1. The highest BCUT2D eigenvalue weighted by atomic mass is 15.2. The molecule has 3 N–H and O–H groups in total. The van der Waals surface area contributed by atoms with Gasteiger partial charge in [0.05, 0.1) is 5.39 Å². The van der Waals surface area contributed by atoms with Gasteiger partial charge in [-0.3, -0.25) is 0 Å². The monoisotopic (exact) mass is 300 g/mol. The molecule has 2 fully saturated rings. The molecule has 2 aromatic rings. The van der Waals surface area contributed by atoms with Crippen LogP contribution in [0.3, 0.4) is 0 Å². The van der Waals surface area contributed by atoms with Crippen molar-refractivity contribution < 1.29 is 0 Å². The number of nitrogens with two attached hydrogens (primary N) is 1. The van der Waals surface area contributed by atoms with Crippen molar-refractivity contribution in [2.45, 2.75) is 18.9 Å². The highest BCUT2D eigenvalue weighted by molar-refractivity contribution is 5.87. The molecular weight excluding hydrogens is 276 g/mol. The molecule has 1 aliphatic carbocycles. The summed E-state index contributed by atoms with van der Waals surface area (Å²) in [7, 11) is 2.18. The Morgan fingerprint density at radius 1 is 1.32 bits per heavy atom. The predicted octanol–water partition coefficient (Wildman–Crippen LogP) is 1.06. The molecule has 6 heteroatoms. The number of nitrogens with one attached hydrogen (secondary N) is 1. The molecule has 0 amide bonds. The van der Waals surface area contributed by atoms with E-state index in [-0.39, 0.29) is 0 Å². The van der Waals surface area contributed by atoms with Crippen molar-refractivity contribution >= 4 is 16.9 Å². The molecule has 6 nitrogen and oxygen atoms in total. The predicted molar refractivity (Wildman–Crippen MR) is 87.8 cm³/mol. The highest BCUT2D eigenvalue weighted by Gasteiger charge is 2.42. The van der Waals surface area contributed by atoms with Crippen LogP contribution in [0.5, 0.6) is 0 Å². The van der Waals surface area contributed by atoms with Crippen LogP contribution in [0.15, 0.2) is 18.6 Å². The van der Waals surface area contributed by atoms with Gasteiger partial charge in [0.25, 0.3) is 0 Å². The lowest BCUT2D eigenvalue weighted by molar-refractivity contribution is 0.314. The minimum Gasteiger partial charge on any atom is -0.356 e. The third kappa shape index (κ3) is 2.27. The van der Waals surface area contributed by atoms with E-state index in [2.05, 4.69) is 37.9 Å². The number of fused-ring (bicyclic) bond motifs is 2. The summed E-state index contributed by atoms with van der Waals surface area (Å²) in [5.74, 6) is 2.69. The van der Waals surface area contributed by atoms with E-state index in [0.717, 1.165) is 41.8 Å². The average Bonchev–Trinajstić information content (AvgIpc) is 3.19. The second kappa shape index (κ2) is 5.52. The van der Waals surface area contributed by atoms with Gasteiger partial charge in [0.2, 0.25) is 0 Å². The van der Waals surface area contributed by atoms with Crippen molar-refractivity contribution in [3.05, 3.63) is 18.6 Å². The topological polar surface area (TPSA) is 74.1 Å². The largest absolute Gasteiger partial charge is 0.356 e. The van der Waals surface area contributed by atoms with Gasteiger partial charge in [-0.25, -0.2) is 9.97 Å². The number of nitrogens with zero attached hydrogens (tertiary/aromatic N) is 4. The maximum atomic E-state index is 5.69. The minimum absolute atomic E-state index is 0.586. The van der Waals surface area contributed by atoms with E-state index in [9.17, 15) is 0 Å². The molecule has 0 unspecified atom stereocenters. The van der Waals surface area contributed by atoms with E-state index in [1.54, 1.807) is 6.33 Å². The van der Waals surface area contributed by atoms with Gasteiger partial charge in [-0.2, -0.15) is 0 Å². The maximum Gasteiger partial charge on any atom is 0.142 e. The van der Waals surface area contributed by atoms with Crippen molar-refractivity contribution in [1.82, 2.24) is 19.9 Å². The van der Waals surface area contributed by atoms with Crippen LogP contribution in [-0.2, 0) is 0 Å². The van der Waals surface area contributed by atoms with Crippen molar-refractivity contribution in [3.8, 4) is 0 Å². The van der Waals surface area contributed by atoms with Crippen LogP contribution in [0.1, 0.15) is 12.8 Å². The number of likely N-dealkylation sites (tertiary alicyclic amines) is 1. The zero-order chi connectivity index (χ0) is 15.1. The first-order chi connectivity index (χ1) is 10.8. The number of aromatic amines is 1. The van der Waals surface area contributed by atoms with Crippen LogP contribution in [0.2, 0.25) is 0 Å². The Morgan fingerprint density at radius 3 is 2.82 bits per heavy atom. The minimum atomic E-state index is 0.586. The van der Waals surface area contributed by atoms with Crippen LogP contribution in [-0.4, -0.2) is 59.1 Å². The molecule has 2 aromatic heterocycles. The van der Waals surface area contributed by atoms with Gasteiger partial charge in [-0.05, 0) is 30.7 Å². The quantitative estimate of drug-likeness (QED) is 0.883. The second-order valence-electron chi connectivity index (χ2n) is 6.74. The van der Waals surface area contributed by atoms with Gasteiger partial charge in [-0.1, -0.05) is 0 Å². The molecule has 0 bridgehead atoms. The summed E-state index contributed by atoms with van der Waals surface area (Å²) >= 11 is 0. The number of H-pyrrole nitrogens is 1. The first-order valence-corrected chi connectivity index (χ1v) is 8.19. The van der Waals surface area contributed by atoms with E-state index in [4.69, 9.17) is 5.73 Å². The molecule has 2 aliphatic rings. The summed E-state index contributed by atoms with van der Waals surface area (Å²) in [5, 5.41) is 1.12. The molecule has 3 heterocycles. The lowest BCUT2D eigenvalue weighted by atomic mass is 10.0. The van der Waals surface area contributed by atoms with Gasteiger partial charge in [0.15, 0.2) is 0 Å². The number of aromatic nitrogens is 3. The Bertz CT molecular complexity index is 639. The fraction of sp³-hybridized carbons (Fsp3) is 0.625. The third-order valence-electron chi connectivity index (χ3n) is 5.46. The summed E-state index contributed by atoms with van der Waals surface area (Å²) in [5.41, 5.74) is 6.61. The first-order valence-electron chi connectivity index (χ1n) is 8.19. The van der Waals surface area contributed by atoms with Gasteiger partial charge in [0.1, 0.15) is 17.8 Å². The lowest BCUT2D eigenvalue weighted by Gasteiger charge is -2.27. The lowest BCUT2D eigenvalue weighted by Crippen LogP contribution is -2.34. The molecule has 3 atom stereocenters. The molecule has 1 saturated carbocycles. The Morgan fingerprint density at radius 2 is 2.09 bits per heavy atom. The number of hydrogen-bond acceptors (Lipinski definition) is 5. The number of anilines is 1. The van der Waals surface area contributed by atoms with E-state index >= 15 is 0 Å². The molecular formula is C16H24N6. The standard InChI is InChI=1S/C16H24N6/c1-21(16-14-2-4-18-15(14)19-10-20-16)13-6-11-8-22(5-3-17)9-12(11)7-13/h2,4,10-13H,3,5-9,17H2,1H3,(H,18,19,20)/t11-,12+,13-. The van der Waals surface area contributed by atoms with Crippen LogP contribution >= 0.6 is 0 Å². The van der Waals surface area contributed by atoms with Gasteiger partial charge >= 0.3 is 0 Å². The third-order valence-corrected chi connectivity index (χ3v) is 5.46. The second-order valence-corrected chi connectivity index (χ2v) is 6.74. The molecule has 118 valence electrons. The highest BCUT2D eigenvalue weighted by Crippen LogP contribution is 2.41. The van der Waals surface area contributed by atoms with Crippen molar-refractivity contribution in [3.63, 3.8) is 0 Å². The maximum absolute atomic E-state index is 5.69. The molecule has 4 rings (SSSR count). The zero-order valence-corrected chi connectivity index (χ0v) is 13.1. The Kier molecular flexibility index (Phi) is 3.50. The Hall–Kier alpha value is -1.66. The molecule has 1 saturated heterocycles. The average molecular weight is 300 g/mol. The summed E-state index contributed by atoms with van der Waals surface area (Å²) < 4.78 is 0. The van der Waals surface area contributed by atoms with Crippen molar-refractivity contribution in [1.29, 1.82) is 0 Å². The molecule has 22 heavy (non-hydrogen) atoms. The smallest absolute Gasteiger partial charge is 0.142 e. The Labute approximate surface area is 130 Å². The van der Waals surface area contributed by atoms with Crippen LogP contribution in [0.4, 0.5) is 5.82 Å². The van der Waals surface area contributed by atoms with E-state index < -0.39 is 0 Å². The van der Waals surface area contributed by atoms with Crippen molar-refractivity contribution in [2.75, 3.05) is 38.1 Å². The van der Waals surface area contributed by atoms with E-state index in [1.165, 1.54) is 25.9 Å². The number of rotatable bonds is 4. The molecule has 0 aromatic carbocycles. The van der Waals surface area contributed by atoms with Gasteiger partial charge < -0.3 is 20.5 Å². The summed E-state index contributed by atoms with van der Waals surface area (Å²) in [6.45, 7) is 4.25. The van der Waals surface area contributed by atoms with E-state index in [0.29, 0.717) is 6.04 Å². The molecule has 1 aliphatic heterocycles. The fourth-order valence-corrected chi connectivity index (χ4v) is 4.36. The molecule has 0 radical (unpaired) electrons. The molecule has 0 spiro atoms. The van der Waals surface area contributed by atoms with E-state index in [1.807, 2.05) is 6.20 Å². The van der Waals surface area contributed by atoms with Crippen LogP contribution in [0.25, 0.3) is 11.0 Å². The summed E-state index contributed by atoms with van der Waals surface area (Å²) in [6.07, 6.45) is 6.12. The number of hydrogen-bond donors (Lipinski definition) is 2.